The van der Waals surface area contributed by atoms with E-state index in [0.717, 1.165) is 23.2 Å². The summed E-state index contributed by atoms with van der Waals surface area (Å²) >= 11 is 0. The van der Waals surface area contributed by atoms with E-state index in [2.05, 4.69) is 5.32 Å². The van der Waals surface area contributed by atoms with Gasteiger partial charge >= 0.3 is 0 Å². The summed E-state index contributed by atoms with van der Waals surface area (Å²) in [7, 11) is -3.18. The molecule has 23 heavy (non-hydrogen) atoms. The van der Waals surface area contributed by atoms with E-state index < -0.39 is 10.0 Å². The Balaban J connectivity index is 2.12. The predicted octanol–water partition coefficient (Wildman–Crippen LogP) is 2.77. The molecule has 0 aliphatic carbocycles. The molecule has 0 spiro atoms. The first-order chi connectivity index (χ1) is 10.8. The highest BCUT2D eigenvalue weighted by molar-refractivity contribution is 7.89. The van der Waals surface area contributed by atoms with Gasteiger partial charge in [0.1, 0.15) is 0 Å². The van der Waals surface area contributed by atoms with Crippen LogP contribution >= 0.6 is 0 Å². The Hall–Kier alpha value is -1.40. The second-order valence-corrected chi connectivity index (χ2v) is 8.62. The summed E-state index contributed by atoms with van der Waals surface area (Å²) in [5.41, 5.74) is 2.89. The number of carbonyl (C=O) groups is 1. The number of nitrogens with one attached hydrogen (secondary N) is 1. The van der Waals surface area contributed by atoms with Crippen LogP contribution < -0.4 is 5.32 Å². The number of amides is 1. The minimum absolute atomic E-state index is 0.00813. The number of hydrogen-bond acceptors (Lipinski definition) is 3. The van der Waals surface area contributed by atoms with Crippen molar-refractivity contribution in [3.05, 3.63) is 29.3 Å². The number of rotatable bonds is 6. The Morgan fingerprint density at radius 2 is 2.04 bits per heavy atom. The standard InChI is InChI=1S/C17H26N2O3S/c1-4-9-23(21,22)19-8-7-14-5-6-16(11-15(14)12-19)18-17(20)10-13(2)3/h5-6,11,13H,4,7-10,12H2,1-3H3,(H,18,20). The molecule has 0 unspecified atom stereocenters. The number of nitrogens with zero attached hydrogens (tertiary/aromatic N) is 1. The van der Waals surface area contributed by atoms with E-state index in [0.29, 0.717) is 31.8 Å². The zero-order chi connectivity index (χ0) is 17.0. The van der Waals surface area contributed by atoms with Gasteiger partial charge in [0.25, 0.3) is 0 Å². The van der Waals surface area contributed by atoms with E-state index in [1.54, 1.807) is 4.31 Å². The Morgan fingerprint density at radius 3 is 2.70 bits per heavy atom. The number of benzene rings is 1. The van der Waals surface area contributed by atoms with Crippen LogP contribution in [-0.4, -0.2) is 30.9 Å². The molecular formula is C17H26N2O3S. The van der Waals surface area contributed by atoms with E-state index in [1.165, 1.54) is 0 Å². The minimum atomic E-state index is -3.18. The molecule has 6 heteroatoms. The molecule has 2 rings (SSSR count). The number of sulfonamides is 1. The minimum Gasteiger partial charge on any atom is -0.326 e. The zero-order valence-electron chi connectivity index (χ0n) is 14.1. The summed E-state index contributed by atoms with van der Waals surface area (Å²) in [6.45, 7) is 6.81. The van der Waals surface area contributed by atoms with Crippen molar-refractivity contribution < 1.29 is 13.2 Å². The Bertz CT molecular complexity index is 668. The Kier molecular flexibility index (Phi) is 5.81. The highest BCUT2D eigenvalue weighted by Gasteiger charge is 2.26. The van der Waals surface area contributed by atoms with Crippen LogP contribution in [0.4, 0.5) is 5.69 Å². The number of fused-ring (bicyclic) bond motifs is 1. The highest BCUT2D eigenvalue weighted by Crippen LogP contribution is 2.25. The molecule has 1 N–H and O–H groups in total. The van der Waals surface area contributed by atoms with Crippen LogP contribution in [0.1, 0.15) is 44.7 Å². The second kappa shape index (κ2) is 7.45. The average Bonchev–Trinajstić information content (AvgIpc) is 2.45. The fourth-order valence-corrected chi connectivity index (χ4v) is 4.30. The first kappa shape index (κ1) is 17.9. The fraction of sp³-hybridized carbons (Fsp3) is 0.588. The molecule has 1 aromatic rings. The molecule has 1 aliphatic rings. The van der Waals surface area contributed by atoms with Crippen molar-refractivity contribution in [3.8, 4) is 0 Å². The number of anilines is 1. The van der Waals surface area contributed by atoms with Crippen molar-refractivity contribution in [1.29, 1.82) is 0 Å². The lowest BCUT2D eigenvalue weighted by molar-refractivity contribution is -0.116. The molecule has 128 valence electrons. The highest BCUT2D eigenvalue weighted by atomic mass is 32.2. The monoisotopic (exact) mass is 338 g/mol. The van der Waals surface area contributed by atoms with Gasteiger partial charge in [0.05, 0.1) is 5.75 Å². The van der Waals surface area contributed by atoms with Crippen LogP contribution in [0.5, 0.6) is 0 Å². The van der Waals surface area contributed by atoms with Crippen molar-refractivity contribution in [3.63, 3.8) is 0 Å². The van der Waals surface area contributed by atoms with Gasteiger partial charge < -0.3 is 5.32 Å². The Labute approximate surface area is 139 Å². The molecule has 1 aromatic carbocycles. The molecule has 0 aromatic heterocycles. The van der Waals surface area contributed by atoms with Gasteiger partial charge in [-0.05, 0) is 42.0 Å². The smallest absolute Gasteiger partial charge is 0.224 e. The summed E-state index contributed by atoms with van der Waals surface area (Å²) in [5.74, 6) is 0.487. The van der Waals surface area contributed by atoms with Crippen LogP contribution in [0.2, 0.25) is 0 Å². The molecule has 1 heterocycles. The first-order valence-electron chi connectivity index (χ1n) is 8.21. The van der Waals surface area contributed by atoms with Crippen LogP contribution in [0.3, 0.4) is 0 Å². The fourth-order valence-electron chi connectivity index (χ4n) is 2.82. The summed E-state index contributed by atoms with van der Waals surface area (Å²) in [5, 5.41) is 2.90. The maximum absolute atomic E-state index is 12.2. The van der Waals surface area contributed by atoms with Crippen molar-refractivity contribution in [1.82, 2.24) is 4.31 Å². The van der Waals surface area contributed by atoms with Gasteiger partial charge in [-0.15, -0.1) is 0 Å². The molecular weight excluding hydrogens is 312 g/mol. The van der Waals surface area contributed by atoms with Gasteiger partial charge in [0.2, 0.25) is 15.9 Å². The summed E-state index contributed by atoms with van der Waals surface area (Å²) in [6.07, 6.45) is 1.82. The Morgan fingerprint density at radius 1 is 1.30 bits per heavy atom. The van der Waals surface area contributed by atoms with Gasteiger partial charge in [-0.25, -0.2) is 8.42 Å². The van der Waals surface area contributed by atoms with Gasteiger partial charge in [-0.1, -0.05) is 26.8 Å². The van der Waals surface area contributed by atoms with Crippen molar-refractivity contribution in [2.75, 3.05) is 17.6 Å². The van der Waals surface area contributed by atoms with E-state index in [4.69, 9.17) is 0 Å². The van der Waals surface area contributed by atoms with Gasteiger partial charge in [0, 0.05) is 25.2 Å². The largest absolute Gasteiger partial charge is 0.326 e. The van der Waals surface area contributed by atoms with E-state index in [-0.39, 0.29) is 11.7 Å². The van der Waals surface area contributed by atoms with Crippen molar-refractivity contribution in [2.24, 2.45) is 5.92 Å². The summed E-state index contributed by atoms with van der Waals surface area (Å²) in [4.78, 5) is 11.9. The van der Waals surface area contributed by atoms with Crippen LogP contribution in [-0.2, 0) is 27.8 Å². The topological polar surface area (TPSA) is 66.5 Å². The number of hydrogen-bond donors (Lipinski definition) is 1. The van der Waals surface area contributed by atoms with Crippen molar-refractivity contribution >= 4 is 21.6 Å². The third-order valence-corrected chi connectivity index (χ3v) is 5.94. The molecule has 0 radical (unpaired) electrons. The maximum Gasteiger partial charge on any atom is 0.224 e. The van der Waals surface area contributed by atoms with Crippen LogP contribution in [0.25, 0.3) is 0 Å². The quantitative estimate of drug-likeness (QED) is 0.867. The van der Waals surface area contributed by atoms with E-state index in [1.807, 2.05) is 39.0 Å². The summed E-state index contributed by atoms with van der Waals surface area (Å²) < 4.78 is 26.0. The molecule has 0 bridgehead atoms. The SMILES string of the molecule is CCCS(=O)(=O)N1CCc2ccc(NC(=O)CC(C)C)cc2C1. The zero-order valence-corrected chi connectivity index (χ0v) is 14.9. The third-order valence-electron chi connectivity index (χ3n) is 3.92. The van der Waals surface area contributed by atoms with Crippen molar-refractivity contribution in [2.45, 2.75) is 46.6 Å². The predicted molar refractivity (Wildman–Crippen MR) is 92.7 cm³/mol. The molecule has 0 atom stereocenters. The molecule has 0 fully saturated rings. The third kappa shape index (κ3) is 4.78. The van der Waals surface area contributed by atoms with Crippen LogP contribution in [0.15, 0.2) is 18.2 Å². The van der Waals surface area contributed by atoms with Gasteiger partial charge in [0.15, 0.2) is 0 Å². The molecule has 1 amide bonds. The average molecular weight is 338 g/mol. The normalized spacial score (nSPS) is 15.5. The molecule has 0 saturated carbocycles. The van der Waals surface area contributed by atoms with E-state index in [9.17, 15) is 13.2 Å². The lowest BCUT2D eigenvalue weighted by Crippen LogP contribution is -2.37. The van der Waals surface area contributed by atoms with Gasteiger partial charge in [-0.2, -0.15) is 4.31 Å². The number of carbonyl (C=O) groups excluding carboxylic acids is 1. The van der Waals surface area contributed by atoms with Crippen LogP contribution in [0, 0.1) is 5.92 Å². The van der Waals surface area contributed by atoms with E-state index >= 15 is 0 Å². The second-order valence-electron chi connectivity index (χ2n) is 6.53. The summed E-state index contributed by atoms with van der Waals surface area (Å²) in [6, 6.07) is 5.79. The molecule has 0 saturated heterocycles. The van der Waals surface area contributed by atoms with Gasteiger partial charge in [-0.3, -0.25) is 4.79 Å². The lowest BCUT2D eigenvalue weighted by Gasteiger charge is -2.28. The lowest BCUT2D eigenvalue weighted by atomic mass is 10.0. The molecule has 5 nitrogen and oxygen atoms in total. The first-order valence-corrected chi connectivity index (χ1v) is 9.82. The maximum atomic E-state index is 12.2. The molecule has 1 aliphatic heterocycles.